The maximum absolute atomic E-state index is 12.1. The smallest absolute Gasteiger partial charge is 0.245 e. The van der Waals surface area contributed by atoms with Crippen LogP contribution in [-0.2, 0) is 11.8 Å². The zero-order chi connectivity index (χ0) is 21.5. The predicted molar refractivity (Wildman–Crippen MR) is 117 cm³/mol. The van der Waals surface area contributed by atoms with E-state index in [1.807, 2.05) is 42.5 Å². The Morgan fingerprint density at radius 1 is 1.32 bits per heavy atom. The number of hydrogen-bond donors (Lipinski definition) is 2. The number of phenolic OH excluding ortho intramolecular Hbond substituents is 1. The summed E-state index contributed by atoms with van der Waals surface area (Å²) in [5.41, 5.74) is 4.88. The Bertz CT molecular complexity index is 1300. The third kappa shape index (κ3) is 3.26. The highest BCUT2D eigenvalue weighted by molar-refractivity contribution is 5.97. The summed E-state index contributed by atoms with van der Waals surface area (Å²) in [5.74, 6) is 0.245. The molecule has 0 aliphatic carbocycles. The van der Waals surface area contributed by atoms with Gasteiger partial charge in [0.2, 0.25) is 5.91 Å². The molecule has 0 saturated carbocycles. The summed E-state index contributed by atoms with van der Waals surface area (Å²) < 4.78 is 1.76. The minimum absolute atomic E-state index is 0.0526. The van der Waals surface area contributed by atoms with Crippen LogP contribution < -0.4 is 0 Å². The maximum atomic E-state index is 12.1. The van der Waals surface area contributed by atoms with Crippen LogP contribution in [0.1, 0.15) is 18.0 Å². The highest BCUT2D eigenvalue weighted by atomic mass is 16.3. The lowest BCUT2D eigenvalue weighted by molar-refractivity contribution is -0.125. The third-order valence-electron chi connectivity index (χ3n) is 5.84. The van der Waals surface area contributed by atoms with Gasteiger partial charge in [-0.2, -0.15) is 5.10 Å². The van der Waals surface area contributed by atoms with E-state index in [9.17, 15) is 9.90 Å². The summed E-state index contributed by atoms with van der Waals surface area (Å²) in [4.78, 5) is 17.4. The second kappa shape index (κ2) is 7.39. The van der Waals surface area contributed by atoms with Gasteiger partial charge in [-0.15, -0.1) is 10.2 Å². The molecule has 4 heterocycles. The van der Waals surface area contributed by atoms with Gasteiger partial charge in [-0.05, 0) is 30.7 Å². The van der Waals surface area contributed by atoms with Crippen molar-refractivity contribution >= 4 is 16.9 Å². The predicted octanol–water partition coefficient (Wildman–Crippen LogP) is 3.23. The van der Waals surface area contributed by atoms with Gasteiger partial charge in [-0.25, -0.2) is 0 Å². The normalized spacial score (nSPS) is 16.2. The molecule has 1 amide bonds. The summed E-state index contributed by atoms with van der Waals surface area (Å²) in [6.45, 7) is 4.90. The van der Waals surface area contributed by atoms with Crippen LogP contribution in [0.2, 0.25) is 0 Å². The van der Waals surface area contributed by atoms with Crippen molar-refractivity contribution in [2.75, 3.05) is 13.1 Å². The summed E-state index contributed by atoms with van der Waals surface area (Å²) >= 11 is 0. The van der Waals surface area contributed by atoms with E-state index in [4.69, 9.17) is 0 Å². The Kier molecular flexibility index (Phi) is 4.54. The number of aromatic hydroxyl groups is 1. The van der Waals surface area contributed by atoms with E-state index in [0.29, 0.717) is 30.0 Å². The van der Waals surface area contributed by atoms with Crippen LogP contribution in [0.25, 0.3) is 33.4 Å². The van der Waals surface area contributed by atoms with Crippen LogP contribution >= 0.6 is 0 Å². The number of likely N-dealkylation sites (tertiary alicyclic amines) is 1. The number of fused-ring (bicyclic) bond motifs is 1. The van der Waals surface area contributed by atoms with Crippen LogP contribution in [0.4, 0.5) is 0 Å². The Hall–Kier alpha value is -3.94. The van der Waals surface area contributed by atoms with Gasteiger partial charge in [-0.3, -0.25) is 9.48 Å². The first-order valence-electron chi connectivity index (χ1n) is 10.1. The number of carbonyl (C=O) groups is 1. The van der Waals surface area contributed by atoms with E-state index in [-0.39, 0.29) is 17.6 Å². The van der Waals surface area contributed by atoms with E-state index < -0.39 is 0 Å². The van der Waals surface area contributed by atoms with E-state index in [1.54, 1.807) is 16.8 Å². The summed E-state index contributed by atoms with van der Waals surface area (Å²) in [7, 11) is 1.88. The number of rotatable bonds is 4. The van der Waals surface area contributed by atoms with Crippen LogP contribution in [0, 0.1) is 0 Å². The molecule has 1 aromatic carbocycles. The molecule has 1 aliphatic rings. The molecular weight excluding hydrogens is 392 g/mol. The van der Waals surface area contributed by atoms with Crippen LogP contribution in [-0.4, -0.2) is 54.0 Å². The topological polar surface area (TPSA) is 99.9 Å². The highest BCUT2D eigenvalue weighted by Gasteiger charge is 2.31. The number of amides is 1. The molecule has 1 saturated heterocycles. The summed E-state index contributed by atoms with van der Waals surface area (Å²) in [6, 6.07) is 9.03. The average molecular weight is 414 g/mol. The number of nitrogens with one attached hydrogen (secondary N) is 1. The molecule has 0 spiro atoms. The zero-order valence-corrected chi connectivity index (χ0v) is 17.1. The van der Waals surface area contributed by atoms with Crippen LogP contribution in [0.15, 0.2) is 55.4 Å². The number of aryl methyl sites for hydroxylation is 1. The molecule has 1 atom stereocenters. The molecule has 0 bridgehead atoms. The number of aromatic amines is 1. The number of para-hydroxylation sites is 1. The average Bonchev–Trinajstić information content (AvgIpc) is 3.50. The third-order valence-corrected chi connectivity index (χ3v) is 5.84. The minimum Gasteiger partial charge on any atom is -0.507 e. The van der Waals surface area contributed by atoms with Gasteiger partial charge in [0, 0.05) is 60.0 Å². The molecular formula is C23H22N6O2. The van der Waals surface area contributed by atoms with Crippen molar-refractivity contribution < 1.29 is 9.90 Å². The van der Waals surface area contributed by atoms with Gasteiger partial charge in [0.15, 0.2) is 5.65 Å². The molecule has 2 N–H and O–H groups in total. The first-order valence-corrected chi connectivity index (χ1v) is 10.1. The Balaban J connectivity index is 1.66. The van der Waals surface area contributed by atoms with Gasteiger partial charge in [0.05, 0.1) is 11.9 Å². The Morgan fingerprint density at radius 3 is 2.90 bits per heavy atom. The lowest BCUT2D eigenvalue weighted by Gasteiger charge is -2.14. The van der Waals surface area contributed by atoms with E-state index in [0.717, 1.165) is 28.6 Å². The number of benzene rings is 1. The fourth-order valence-corrected chi connectivity index (χ4v) is 4.32. The van der Waals surface area contributed by atoms with E-state index >= 15 is 0 Å². The van der Waals surface area contributed by atoms with Crippen molar-refractivity contribution in [2.24, 2.45) is 7.05 Å². The monoisotopic (exact) mass is 414 g/mol. The van der Waals surface area contributed by atoms with Crippen molar-refractivity contribution in [1.29, 1.82) is 0 Å². The first kappa shape index (κ1) is 19.0. The number of phenols is 1. The molecule has 31 heavy (non-hydrogen) atoms. The molecule has 8 heteroatoms. The summed E-state index contributed by atoms with van der Waals surface area (Å²) in [5, 5.41) is 24.3. The number of nitrogens with zero attached hydrogens (tertiary/aromatic N) is 5. The fraction of sp³-hybridized carbons (Fsp3) is 0.217. The Labute approximate surface area is 178 Å². The molecule has 8 nitrogen and oxygen atoms in total. The van der Waals surface area contributed by atoms with Crippen molar-refractivity contribution in [2.45, 2.75) is 12.3 Å². The zero-order valence-electron chi connectivity index (χ0n) is 17.1. The van der Waals surface area contributed by atoms with E-state index in [1.165, 1.54) is 6.08 Å². The van der Waals surface area contributed by atoms with Crippen LogP contribution in [0.5, 0.6) is 5.75 Å². The number of carbonyl (C=O) groups excluding carboxylic acids is 1. The molecule has 4 aromatic rings. The van der Waals surface area contributed by atoms with Gasteiger partial charge in [-0.1, -0.05) is 18.7 Å². The molecule has 0 radical (unpaired) electrons. The second-order valence-electron chi connectivity index (χ2n) is 7.80. The second-order valence-corrected chi connectivity index (χ2v) is 7.80. The standard InChI is InChI=1S/C23H22N6O2/c1-3-20(31)29-9-8-14(13-29)22-21(15-11-24-28(2)12-15)17-10-18(26-27-23(17)25-22)16-6-4-5-7-19(16)30/h3-7,10-12,14,30H,1,8-9,13H2,2H3,(H,25,27)/t14-/m0/s1. The van der Waals surface area contributed by atoms with Crippen LogP contribution in [0.3, 0.4) is 0 Å². The largest absolute Gasteiger partial charge is 0.507 e. The lowest BCUT2D eigenvalue weighted by Crippen LogP contribution is -2.26. The highest BCUT2D eigenvalue weighted by Crippen LogP contribution is 2.40. The summed E-state index contributed by atoms with van der Waals surface area (Å²) in [6.07, 6.45) is 6.00. The number of H-pyrrole nitrogens is 1. The molecule has 156 valence electrons. The SMILES string of the molecule is C=CC(=O)N1CC[C@H](c2[nH]c3nnc(-c4ccccc4O)cc3c2-c2cnn(C)c2)C1. The van der Waals surface area contributed by atoms with Crippen molar-refractivity contribution in [3.8, 4) is 28.1 Å². The quantitative estimate of drug-likeness (QED) is 0.500. The number of aromatic nitrogens is 5. The molecule has 1 aliphatic heterocycles. The van der Waals surface area contributed by atoms with Gasteiger partial charge in [0.1, 0.15) is 5.75 Å². The molecule has 3 aromatic heterocycles. The lowest BCUT2D eigenvalue weighted by atomic mass is 9.96. The molecule has 5 rings (SSSR count). The Morgan fingerprint density at radius 2 is 2.16 bits per heavy atom. The minimum atomic E-state index is -0.0526. The first-order chi connectivity index (χ1) is 15.0. The van der Waals surface area contributed by atoms with Gasteiger partial charge >= 0.3 is 0 Å². The van der Waals surface area contributed by atoms with Crippen molar-refractivity contribution in [1.82, 2.24) is 29.9 Å². The maximum Gasteiger partial charge on any atom is 0.245 e. The van der Waals surface area contributed by atoms with E-state index in [2.05, 4.69) is 26.9 Å². The van der Waals surface area contributed by atoms with Crippen molar-refractivity contribution in [3.63, 3.8) is 0 Å². The van der Waals surface area contributed by atoms with Gasteiger partial charge < -0.3 is 15.0 Å². The van der Waals surface area contributed by atoms with Gasteiger partial charge in [0.25, 0.3) is 0 Å². The molecule has 1 fully saturated rings. The molecule has 0 unspecified atom stereocenters. The number of hydrogen-bond acceptors (Lipinski definition) is 5. The fourth-order valence-electron chi connectivity index (χ4n) is 4.32. The van der Waals surface area contributed by atoms with Crippen molar-refractivity contribution in [3.05, 3.63) is 61.1 Å².